The number of carbonyl (C=O) groups is 2. The predicted octanol–water partition coefficient (Wildman–Crippen LogP) is 4.96. The molecule has 0 aliphatic carbocycles. The molecule has 2 N–H and O–H groups in total. The van der Waals surface area contributed by atoms with Gasteiger partial charge in [0.1, 0.15) is 11.3 Å². The quantitative estimate of drug-likeness (QED) is 0.233. The highest BCUT2D eigenvalue weighted by atomic mass is 16.5. The van der Waals surface area contributed by atoms with Gasteiger partial charge in [-0.1, -0.05) is 29.8 Å². The molecule has 0 unspecified atom stereocenters. The molecule has 0 radical (unpaired) electrons. The lowest BCUT2D eigenvalue weighted by Crippen LogP contribution is -2.18. The number of hydrogen-bond acceptors (Lipinski definition) is 6. The first-order chi connectivity index (χ1) is 16.3. The molecule has 0 saturated carbocycles. The van der Waals surface area contributed by atoms with Crippen molar-refractivity contribution < 1.29 is 29.0 Å². The summed E-state index contributed by atoms with van der Waals surface area (Å²) in [6.07, 6.45) is 3.36. The molecule has 3 rings (SSSR count). The van der Waals surface area contributed by atoms with Crippen molar-refractivity contribution >= 4 is 22.9 Å². The number of aliphatic carboxylic acids is 1. The number of carbonyl (C=O) groups excluding carboxylic acids is 1. The van der Waals surface area contributed by atoms with Gasteiger partial charge in [-0.15, -0.1) is 0 Å². The minimum absolute atomic E-state index is 0.0127. The first-order valence-electron chi connectivity index (χ1n) is 11.6. The van der Waals surface area contributed by atoms with Crippen LogP contribution < -0.4 is 5.63 Å². The normalized spacial score (nSPS) is 11.0. The van der Waals surface area contributed by atoms with Gasteiger partial charge in [-0.3, -0.25) is 4.79 Å². The van der Waals surface area contributed by atoms with Crippen LogP contribution in [0.25, 0.3) is 11.0 Å². The molecule has 0 atom stereocenters. The molecule has 34 heavy (non-hydrogen) atoms. The summed E-state index contributed by atoms with van der Waals surface area (Å²) in [6.45, 7) is 3.82. The van der Waals surface area contributed by atoms with Gasteiger partial charge in [0.25, 0.3) is 0 Å². The Bertz CT molecular complexity index is 1220. The molecule has 2 aromatic carbocycles. The second-order valence-electron chi connectivity index (χ2n) is 8.38. The van der Waals surface area contributed by atoms with E-state index in [1.54, 1.807) is 13.0 Å². The first kappa shape index (κ1) is 25.0. The van der Waals surface area contributed by atoms with Crippen LogP contribution in [-0.4, -0.2) is 28.8 Å². The van der Waals surface area contributed by atoms with E-state index in [0.29, 0.717) is 12.0 Å². The molecule has 0 amide bonds. The fourth-order valence-corrected chi connectivity index (χ4v) is 4.00. The zero-order chi connectivity index (χ0) is 24.7. The number of carboxylic acids is 1. The molecule has 1 aromatic heterocycles. The van der Waals surface area contributed by atoms with E-state index < -0.39 is 17.6 Å². The minimum Gasteiger partial charge on any atom is -0.508 e. The molecule has 0 saturated heterocycles. The Kier molecular flexibility index (Phi) is 8.46. The summed E-state index contributed by atoms with van der Waals surface area (Å²) in [6, 6.07) is 11.4. The van der Waals surface area contributed by atoms with Gasteiger partial charge in [0, 0.05) is 11.8 Å². The van der Waals surface area contributed by atoms with Crippen molar-refractivity contribution in [1.82, 2.24) is 0 Å². The highest BCUT2D eigenvalue weighted by molar-refractivity contribution is 6.04. The Labute approximate surface area is 198 Å². The number of hydrogen-bond donors (Lipinski definition) is 2. The Morgan fingerprint density at radius 2 is 1.71 bits per heavy atom. The average molecular weight is 467 g/mol. The third-order valence-electron chi connectivity index (χ3n) is 5.78. The van der Waals surface area contributed by atoms with Gasteiger partial charge >= 0.3 is 17.6 Å². The maximum atomic E-state index is 12.7. The number of aromatic hydroxyl groups is 1. The lowest BCUT2D eigenvalue weighted by atomic mass is 9.97. The molecular formula is C27H30O7. The van der Waals surface area contributed by atoms with E-state index in [2.05, 4.69) is 31.2 Å². The van der Waals surface area contributed by atoms with Crippen molar-refractivity contribution in [3.63, 3.8) is 0 Å². The van der Waals surface area contributed by atoms with Gasteiger partial charge < -0.3 is 19.4 Å². The molecule has 7 nitrogen and oxygen atoms in total. The lowest BCUT2D eigenvalue weighted by Gasteiger charge is -2.13. The van der Waals surface area contributed by atoms with Gasteiger partial charge in [0.05, 0.1) is 17.7 Å². The summed E-state index contributed by atoms with van der Waals surface area (Å²) >= 11 is 0. The molecule has 3 aromatic rings. The summed E-state index contributed by atoms with van der Waals surface area (Å²) < 4.78 is 10.6. The summed E-state index contributed by atoms with van der Waals surface area (Å²) in [7, 11) is 0. The summed E-state index contributed by atoms with van der Waals surface area (Å²) in [4.78, 5) is 36.2. The van der Waals surface area contributed by atoms with Crippen molar-refractivity contribution in [1.29, 1.82) is 0 Å². The highest BCUT2D eigenvalue weighted by Crippen LogP contribution is 2.30. The first-order valence-corrected chi connectivity index (χ1v) is 11.6. The Balaban J connectivity index is 1.85. The third kappa shape index (κ3) is 6.25. The van der Waals surface area contributed by atoms with Crippen molar-refractivity contribution in [3.8, 4) is 5.75 Å². The lowest BCUT2D eigenvalue weighted by molar-refractivity contribution is -0.137. The number of rotatable bonds is 11. The fourth-order valence-electron chi connectivity index (χ4n) is 4.00. The van der Waals surface area contributed by atoms with E-state index in [1.165, 1.54) is 17.2 Å². The number of phenols is 1. The summed E-state index contributed by atoms with van der Waals surface area (Å²) in [5, 5.41) is 19.8. The summed E-state index contributed by atoms with van der Waals surface area (Å²) in [5.74, 6) is -1.68. The van der Waals surface area contributed by atoms with Crippen LogP contribution in [0.2, 0.25) is 0 Å². The Morgan fingerprint density at radius 1 is 1.00 bits per heavy atom. The maximum absolute atomic E-state index is 12.7. The SMILES string of the molecule is CCOC(=O)c1c(CCCC(=O)O)c(=O)oc2cc(CCCCc3ccc(C)cc3)c(O)cc12. The second-order valence-corrected chi connectivity index (χ2v) is 8.38. The largest absolute Gasteiger partial charge is 0.508 e. The standard InChI is InChI=1S/C27H30O7/c1-3-33-27(32)25-20(9-6-10-24(29)30)26(31)34-23-15-19(22(28)16-21(23)25)8-5-4-7-18-13-11-17(2)12-14-18/h11-16,28H,3-10H2,1-2H3,(H,29,30). The van der Waals surface area contributed by atoms with Crippen molar-refractivity contribution in [2.24, 2.45) is 0 Å². The average Bonchev–Trinajstić information content (AvgIpc) is 2.78. The van der Waals surface area contributed by atoms with Crippen LogP contribution >= 0.6 is 0 Å². The number of phenolic OH excluding ortho intramolecular Hbond substituents is 1. The Hall–Kier alpha value is -3.61. The topological polar surface area (TPSA) is 114 Å². The van der Waals surface area contributed by atoms with E-state index in [-0.39, 0.29) is 53.7 Å². The van der Waals surface area contributed by atoms with Crippen molar-refractivity contribution in [2.75, 3.05) is 6.61 Å². The maximum Gasteiger partial charge on any atom is 0.340 e. The fraction of sp³-hybridized carbons (Fsp3) is 0.370. The molecule has 0 spiro atoms. The van der Waals surface area contributed by atoms with Crippen LogP contribution in [0.1, 0.15) is 65.2 Å². The molecule has 7 heteroatoms. The zero-order valence-electron chi connectivity index (χ0n) is 19.6. The van der Waals surface area contributed by atoms with Gasteiger partial charge in [0.15, 0.2) is 0 Å². The number of esters is 1. The highest BCUT2D eigenvalue weighted by Gasteiger charge is 2.23. The van der Waals surface area contributed by atoms with Crippen LogP contribution in [0.5, 0.6) is 5.75 Å². The van der Waals surface area contributed by atoms with E-state index in [0.717, 1.165) is 19.3 Å². The number of aryl methyl sites for hydroxylation is 3. The van der Waals surface area contributed by atoms with Crippen molar-refractivity contribution in [3.05, 3.63) is 74.6 Å². The van der Waals surface area contributed by atoms with Crippen LogP contribution in [0.15, 0.2) is 45.6 Å². The number of unbranched alkanes of at least 4 members (excludes halogenated alkanes) is 1. The van der Waals surface area contributed by atoms with E-state index in [9.17, 15) is 19.5 Å². The third-order valence-corrected chi connectivity index (χ3v) is 5.78. The van der Waals surface area contributed by atoms with E-state index in [4.69, 9.17) is 14.3 Å². The zero-order valence-corrected chi connectivity index (χ0v) is 19.6. The molecule has 180 valence electrons. The molecule has 0 aliphatic heterocycles. The van der Waals surface area contributed by atoms with Gasteiger partial charge in [-0.05, 0) is 75.6 Å². The second kappa shape index (κ2) is 11.5. The van der Waals surface area contributed by atoms with E-state index >= 15 is 0 Å². The van der Waals surface area contributed by atoms with Gasteiger partial charge in [0.2, 0.25) is 0 Å². The number of fused-ring (bicyclic) bond motifs is 1. The van der Waals surface area contributed by atoms with Crippen LogP contribution in [0.3, 0.4) is 0 Å². The molecule has 0 bridgehead atoms. The van der Waals surface area contributed by atoms with Crippen molar-refractivity contribution in [2.45, 2.75) is 58.8 Å². The molecule has 0 aliphatic rings. The Morgan fingerprint density at radius 3 is 2.38 bits per heavy atom. The molecule has 0 fully saturated rings. The molecule has 1 heterocycles. The van der Waals surface area contributed by atoms with Gasteiger partial charge in [-0.25, -0.2) is 9.59 Å². The predicted molar refractivity (Wildman–Crippen MR) is 129 cm³/mol. The van der Waals surface area contributed by atoms with Crippen LogP contribution in [0, 0.1) is 6.92 Å². The minimum atomic E-state index is -0.993. The monoisotopic (exact) mass is 466 g/mol. The molecular weight excluding hydrogens is 436 g/mol. The number of ether oxygens (including phenoxy) is 1. The van der Waals surface area contributed by atoms with Gasteiger partial charge in [-0.2, -0.15) is 0 Å². The van der Waals surface area contributed by atoms with Crippen LogP contribution in [0.4, 0.5) is 0 Å². The van der Waals surface area contributed by atoms with Crippen LogP contribution in [-0.2, 0) is 28.8 Å². The number of carboxylic acid groups (broad SMARTS) is 1. The number of benzene rings is 2. The van der Waals surface area contributed by atoms with E-state index in [1.807, 2.05) is 0 Å². The smallest absolute Gasteiger partial charge is 0.340 e. The summed E-state index contributed by atoms with van der Waals surface area (Å²) in [5.41, 5.74) is 2.70.